The zero-order valence-electron chi connectivity index (χ0n) is 21.6. The molecule has 0 unspecified atom stereocenters. The van der Waals surface area contributed by atoms with Crippen molar-refractivity contribution in [2.24, 2.45) is 5.92 Å². The molecule has 0 bridgehead atoms. The van der Waals surface area contributed by atoms with E-state index in [-0.39, 0.29) is 22.7 Å². The molecule has 3 rings (SSSR count). The van der Waals surface area contributed by atoms with Crippen molar-refractivity contribution in [3.8, 4) is 6.07 Å². The molecule has 0 amide bonds. The second-order valence-corrected chi connectivity index (χ2v) is 16.8. The Morgan fingerprint density at radius 1 is 1.22 bits per heavy atom. The summed E-state index contributed by atoms with van der Waals surface area (Å²) >= 11 is 9.95. The molecule has 1 aliphatic rings. The highest BCUT2D eigenvalue weighted by atomic mass is 79.9. The first-order valence-corrected chi connectivity index (χ1v) is 16.2. The lowest BCUT2D eigenvalue weighted by Gasteiger charge is -2.36. The number of nitriles is 1. The van der Waals surface area contributed by atoms with Gasteiger partial charge < -0.3 is 15.1 Å². The lowest BCUT2D eigenvalue weighted by atomic mass is 9.85. The van der Waals surface area contributed by atoms with Crippen LogP contribution in [0.25, 0.3) is 0 Å². The van der Waals surface area contributed by atoms with Gasteiger partial charge in [0.25, 0.3) is 0 Å². The van der Waals surface area contributed by atoms with E-state index in [9.17, 15) is 18.4 Å². The van der Waals surface area contributed by atoms with Gasteiger partial charge in [0.1, 0.15) is 11.4 Å². The van der Waals surface area contributed by atoms with E-state index < -0.39 is 26.1 Å². The second-order valence-electron chi connectivity index (χ2n) is 10.8. The average molecular weight is 619 g/mol. The van der Waals surface area contributed by atoms with Crippen molar-refractivity contribution in [2.75, 3.05) is 10.6 Å². The number of aromatic nitrogens is 2. The zero-order valence-corrected chi connectivity index (χ0v) is 24.9. The van der Waals surface area contributed by atoms with Crippen LogP contribution in [-0.2, 0) is 17.2 Å². The normalized spacial score (nSPS) is 18.8. The summed E-state index contributed by atoms with van der Waals surface area (Å²) in [7, 11) is -2.03. The van der Waals surface area contributed by atoms with Crippen molar-refractivity contribution >= 4 is 53.3 Å². The minimum Gasteiger partial charge on any atom is -0.413 e. The van der Waals surface area contributed by atoms with Crippen LogP contribution in [0.3, 0.4) is 0 Å². The van der Waals surface area contributed by atoms with Crippen LogP contribution in [0.1, 0.15) is 57.6 Å². The van der Waals surface area contributed by atoms with Crippen LogP contribution < -0.4 is 10.6 Å². The first-order valence-electron chi connectivity index (χ1n) is 12.1. The Bertz CT molecular complexity index is 1170. The van der Waals surface area contributed by atoms with E-state index >= 15 is 0 Å². The number of nitrogens with zero attached hydrogens (tertiary/aromatic N) is 3. The molecular weight excluding hydrogens is 587 g/mol. The molecule has 1 aliphatic carbocycles. The minimum atomic E-state index is -4.65. The number of nitrogens with one attached hydrogen (secondary N) is 2. The largest absolute Gasteiger partial charge is 0.421 e. The first kappa shape index (κ1) is 29.7. The summed E-state index contributed by atoms with van der Waals surface area (Å²) in [6.45, 7) is 11.1. The van der Waals surface area contributed by atoms with Crippen LogP contribution in [0.2, 0.25) is 23.2 Å². The van der Waals surface area contributed by atoms with Gasteiger partial charge in [-0.3, -0.25) is 0 Å². The number of anilines is 3. The lowest BCUT2D eigenvalue weighted by molar-refractivity contribution is -0.137. The molecule has 2 aromatic rings. The van der Waals surface area contributed by atoms with Gasteiger partial charge >= 0.3 is 6.18 Å². The van der Waals surface area contributed by atoms with Crippen LogP contribution in [0, 0.1) is 17.2 Å². The van der Waals surface area contributed by atoms with Gasteiger partial charge in [-0.2, -0.15) is 23.4 Å². The number of benzene rings is 1. The highest BCUT2D eigenvalue weighted by molar-refractivity contribution is 9.10. The van der Waals surface area contributed by atoms with Gasteiger partial charge in [0.2, 0.25) is 5.95 Å². The SMILES string of the molecule is CC(C)(C)[Si](C)(C)OCc1cc(Nc2ncc(C(F)(F)F)c(N[C@@H]3CCCC[C@H]3C#N)n2)cc(Cl)c1Br. The van der Waals surface area contributed by atoms with Gasteiger partial charge in [-0.15, -0.1) is 0 Å². The molecule has 1 saturated carbocycles. The molecule has 1 aromatic carbocycles. The van der Waals surface area contributed by atoms with E-state index in [4.69, 9.17) is 16.0 Å². The number of alkyl halides is 3. The van der Waals surface area contributed by atoms with E-state index in [1.165, 1.54) is 0 Å². The van der Waals surface area contributed by atoms with Crippen molar-refractivity contribution in [3.63, 3.8) is 0 Å². The maximum absolute atomic E-state index is 13.7. The monoisotopic (exact) mass is 617 g/mol. The summed E-state index contributed by atoms with van der Waals surface area (Å²) in [5.41, 5.74) is 0.335. The molecule has 6 nitrogen and oxygen atoms in total. The van der Waals surface area contributed by atoms with E-state index in [1.807, 2.05) is 6.07 Å². The van der Waals surface area contributed by atoms with Gasteiger partial charge in [-0.25, -0.2) is 4.98 Å². The smallest absolute Gasteiger partial charge is 0.413 e. The predicted octanol–water partition coefficient (Wildman–Crippen LogP) is 8.67. The first-order chi connectivity index (χ1) is 17.1. The minimum absolute atomic E-state index is 0.0190. The van der Waals surface area contributed by atoms with Crippen molar-refractivity contribution in [1.29, 1.82) is 5.26 Å². The Labute approximate surface area is 230 Å². The molecule has 1 aromatic heterocycles. The summed E-state index contributed by atoms with van der Waals surface area (Å²) in [5, 5.41) is 15.8. The molecule has 1 heterocycles. The summed E-state index contributed by atoms with van der Waals surface area (Å²) in [6, 6.07) is 5.24. The van der Waals surface area contributed by atoms with Crippen LogP contribution in [-0.4, -0.2) is 24.3 Å². The third-order valence-corrected chi connectivity index (χ3v) is 13.0. The molecule has 2 N–H and O–H groups in total. The fraction of sp³-hybridized carbons (Fsp3) is 0.560. The fourth-order valence-electron chi connectivity index (χ4n) is 3.82. The maximum atomic E-state index is 13.7. The van der Waals surface area contributed by atoms with Gasteiger partial charge in [0, 0.05) is 22.4 Å². The summed E-state index contributed by atoms with van der Waals surface area (Å²) in [5.74, 6) is -0.744. The molecular formula is C25H32BrClF3N5OSi. The topological polar surface area (TPSA) is 82.9 Å². The molecule has 1 fully saturated rings. The van der Waals surface area contributed by atoms with E-state index in [0.717, 1.165) is 24.6 Å². The second kappa shape index (κ2) is 11.5. The quantitative estimate of drug-likeness (QED) is 0.302. The van der Waals surface area contributed by atoms with E-state index in [1.54, 1.807) is 6.07 Å². The average Bonchev–Trinajstić information content (AvgIpc) is 2.79. The van der Waals surface area contributed by atoms with Gasteiger partial charge in [-0.1, -0.05) is 45.2 Å². The molecule has 0 saturated heterocycles. The molecule has 202 valence electrons. The highest BCUT2D eigenvalue weighted by Crippen LogP contribution is 2.39. The van der Waals surface area contributed by atoms with Crippen molar-refractivity contribution in [2.45, 2.75) is 83.4 Å². The highest BCUT2D eigenvalue weighted by Gasteiger charge is 2.38. The van der Waals surface area contributed by atoms with E-state index in [0.29, 0.717) is 34.6 Å². The van der Waals surface area contributed by atoms with Gasteiger partial charge in [0.15, 0.2) is 8.32 Å². The number of halogens is 5. The Morgan fingerprint density at radius 2 is 1.89 bits per heavy atom. The fourth-order valence-corrected chi connectivity index (χ4v) is 5.35. The lowest BCUT2D eigenvalue weighted by Crippen LogP contribution is -2.40. The van der Waals surface area contributed by atoms with Crippen LogP contribution >= 0.6 is 27.5 Å². The number of hydrogen-bond donors (Lipinski definition) is 2. The molecule has 37 heavy (non-hydrogen) atoms. The van der Waals surface area contributed by atoms with Gasteiger partial charge in [-0.05, 0) is 64.6 Å². The Kier molecular flexibility index (Phi) is 9.21. The molecule has 0 aliphatic heterocycles. The van der Waals surface area contributed by atoms with Crippen molar-refractivity contribution < 1.29 is 17.6 Å². The number of hydrogen-bond acceptors (Lipinski definition) is 6. The van der Waals surface area contributed by atoms with Gasteiger partial charge in [0.05, 0.1) is 23.6 Å². The summed E-state index contributed by atoms with van der Waals surface area (Å²) < 4.78 is 48.2. The Hall–Kier alpha value is -1.87. The molecule has 12 heteroatoms. The summed E-state index contributed by atoms with van der Waals surface area (Å²) in [4.78, 5) is 8.06. The number of rotatable bonds is 7. The zero-order chi connectivity index (χ0) is 27.6. The van der Waals surface area contributed by atoms with Crippen LogP contribution in [0.5, 0.6) is 0 Å². The van der Waals surface area contributed by atoms with Crippen LogP contribution in [0.4, 0.5) is 30.6 Å². The molecule has 0 spiro atoms. The van der Waals surface area contributed by atoms with Crippen molar-refractivity contribution in [1.82, 2.24) is 9.97 Å². The standard InChI is InChI=1S/C25H32BrClF3N5OSi/c1-24(2,3)37(4,5)36-14-16-10-17(11-19(27)21(16)26)33-23-32-13-18(25(28,29)30)22(35-23)34-20-9-7-6-8-15(20)12-31/h10-11,13,15,20H,6-9,14H2,1-5H3,(H2,32,33,34,35)/t15-,20+/m0/s1. The van der Waals surface area contributed by atoms with Crippen LogP contribution in [0.15, 0.2) is 22.8 Å². The molecule has 2 atom stereocenters. The summed E-state index contributed by atoms with van der Waals surface area (Å²) in [6.07, 6.45) is -0.933. The molecule has 0 radical (unpaired) electrons. The third kappa shape index (κ3) is 7.37. The Morgan fingerprint density at radius 3 is 2.51 bits per heavy atom. The predicted molar refractivity (Wildman–Crippen MR) is 146 cm³/mol. The third-order valence-electron chi connectivity index (χ3n) is 7.10. The maximum Gasteiger partial charge on any atom is 0.421 e. The van der Waals surface area contributed by atoms with E-state index in [2.05, 4.69) is 76.5 Å². The Balaban J connectivity index is 1.89. The van der Waals surface area contributed by atoms with Crippen molar-refractivity contribution in [3.05, 3.63) is 39.0 Å².